The van der Waals surface area contributed by atoms with Crippen molar-refractivity contribution in [2.45, 2.75) is 24.2 Å². The first-order valence-corrected chi connectivity index (χ1v) is 5.97. The second kappa shape index (κ2) is 6.81. The fourth-order valence-corrected chi connectivity index (χ4v) is 1.26. The van der Waals surface area contributed by atoms with Gasteiger partial charge in [-0.1, -0.05) is 6.07 Å². The van der Waals surface area contributed by atoms with Crippen molar-refractivity contribution in [1.29, 1.82) is 0 Å². The SMILES string of the molecule is OCC(O)COc1cccc(OC(F)(F)C(F)(F)C(O)(F)F)c1. The van der Waals surface area contributed by atoms with Crippen molar-refractivity contribution < 1.29 is 51.1 Å². The molecule has 0 aliphatic carbocycles. The Morgan fingerprint density at radius 3 is 2.13 bits per heavy atom. The second-order valence-electron chi connectivity index (χ2n) is 4.36. The molecule has 3 N–H and O–H groups in total. The summed E-state index contributed by atoms with van der Waals surface area (Å²) in [6.45, 7) is -1.09. The highest BCUT2D eigenvalue weighted by Crippen LogP contribution is 2.45. The van der Waals surface area contributed by atoms with Gasteiger partial charge in [0.2, 0.25) is 0 Å². The number of benzene rings is 1. The molecule has 5 nitrogen and oxygen atoms in total. The zero-order valence-corrected chi connectivity index (χ0v) is 11.2. The number of aliphatic hydroxyl groups is 3. The van der Waals surface area contributed by atoms with Crippen molar-refractivity contribution in [2.75, 3.05) is 13.2 Å². The van der Waals surface area contributed by atoms with E-state index in [9.17, 15) is 26.3 Å². The summed E-state index contributed by atoms with van der Waals surface area (Å²) < 4.78 is 84.8. The monoisotopic (exact) mass is 350 g/mol. The lowest BCUT2D eigenvalue weighted by atomic mass is 10.2. The summed E-state index contributed by atoms with van der Waals surface area (Å²) in [5.41, 5.74) is 0. The lowest BCUT2D eigenvalue weighted by Gasteiger charge is -2.28. The van der Waals surface area contributed by atoms with Gasteiger partial charge in [-0.15, -0.1) is 0 Å². The molecule has 0 bridgehead atoms. The maximum Gasteiger partial charge on any atom is 0.473 e. The minimum Gasteiger partial charge on any atom is -0.491 e. The predicted molar refractivity (Wildman–Crippen MR) is 62.7 cm³/mol. The van der Waals surface area contributed by atoms with Crippen LogP contribution in [0.2, 0.25) is 0 Å². The zero-order valence-electron chi connectivity index (χ0n) is 11.2. The second-order valence-corrected chi connectivity index (χ2v) is 4.36. The van der Waals surface area contributed by atoms with Crippen molar-refractivity contribution in [1.82, 2.24) is 0 Å². The van der Waals surface area contributed by atoms with E-state index in [-0.39, 0.29) is 5.75 Å². The molecular formula is C12H12F6O5. The van der Waals surface area contributed by atoms with Gasteiger partial charge < -0.3 is 24.8 Å². The Bertz CT molecular complexity index is 519. The largest absolute Gasteiger partial charge is 0.491 e. The molecule has 0 heterocycles. The van der Waals surface area contributed by atoms with Crippen LogP contribution in [0.5, 0.6) is 11.5 Å². The standard InChI is InChI=1S/C12H12F6O5/c13-10(14,11(15,16)21)12(17,18)23-9-3-1-2-8(4-9)22-6-7(20)5-19/h1-4,7,19-21H,5-6H2. The van der Waals surface area contributed by atoms with Crippen LogP contribution in [0.4, 0.5) is 26.3 Å². The van der Waals surface area contributed by atoms with Gasteiger partial charge in [-0.25, -0.2) is 0 Å². The van der Waals surface area contributed by atoms with Crippen LogP contribution in [-0.4, -0.2) is 52.8 Å². The molecule has 0 saturated heterocycles. The van der Waals surface area contributed by atoms with Gasteiger partial charge >= 0.3 is 18.1 Å². The van der Waals surface area contributed by atoms with Crippen LogP contribution in [-0.2, 0) is 0 Å². The van der Waals surface area contributed by atoms with Crippen molar-refractivity contribution in [3.8, 4) is 11.5 Å². The molecule has 1 atom stereocenters. The third-order valence-corrected chi connectivity index (χ3v) is 2.45. The molecule has 0 spiro atoms. The maximum absolute atomic E-state index is 13.2. The van der Waals surface area contributed by atoms with E-state index in [1.54, 1.807) is 0 Å². The molecule has 1 unspecified atom stereocenters. The first-order valence-electron chi connectivity index (χ1n) is 5.97. The third-order valence-electron chi connectivity index (χ3n) is 2.45. The summed E-state index contributed by atoms with van der Waals surface area (Å²) in [5.74, 6) is -7.34. The lowest BCUT2D eigenvalue weighted by molar-refractivity contribution is -0.423. The molecule has 0 fully saturated rings. The summed E-state index contributed by atoms with van der Waals surface area (Å²) in [7, 11) is 0. The Balaban J connectivity index is 2.88. The van der Waals surface area contributed by atoms with Crippen LogP contribution in [0.3, 0.4) is 0 Å². The van der Waals surface area contributed by atoms with Crippen LogP contribution in [0, 0.1) is 0 Å². The van der Waals surface area contributed by atoms with Crippen molar-refractivity contribution in [3.05, 3.63) is 24.3 Å². The van der Waals surface area contributed by atoms with Crippen LogP contribution >= 0.6 is 0 Å². The summed E-state index contributed by atoms with van der Waals surface area (Å²) in [4.78, 5) is 0. The number of alkyl halides is 6. The number of ether oxygens (including phenoxy) is 2. The molecule has 0 amide bonds. The van der Waals surface area contributed by atoms with Crippen LogP contribution < -0.4 is 9.47 Å². The van der Waals surface area contributed by atoms with E-state index >= 15 is 0 Å². The van der Waals surface area contributed by atoms with Crippen molar-refractivity contribution in [3.63, 3.8) is 0 Å². The van der Waals surface area contributed by atoms with Gasteiger partial charge in [0.15, 0.2) is 0 Å². The number of halogens is 6. The van der Waals surface area contributed by atoms with Gasteiger partial charge in [-0.05, 0) is 12.1 Å². The molecule has 23 heavy (non-hydrogen) atoms. The highest BCUT2D eigenvalue weighted by Gasteiger charge is 2.74. The van der Waals surface area contributed by atoms with Crippen LogP contribution in [0.25, 0.3) is 0 Å². The summed E-state index contributed by atoms with van der Waals surface area (Å²) >= 11 is 0. The fraction of sp³-hybridized carbons (Fsp3) is 0.500. The highest BCUT2D eigenvalue weighted by atomic mass is 19.4. The summed E-state index contributed by atoms with van der Waals surface area (Å²) in [6, 6.07) is 3.63. The van der Waals surface area contributed by atoms with Crippen LogP contribution in [0.1, 0.15) is 0 Å². The Kier molecular flexibility index (Phi) is 5.72. The van der Waals surface area contributed by atoms with Crippen molar-refractivity contribution >= 4 is 0 Å². The van der Waals surface area contributed by atoms with Gasteiger partial charge in [-0.3, -0.25) is 0 Å². The Morgan fingerprint density at radius 2 is 1.61 bits per heavy atom. The molecule has 0 aliphatic heterocycles. The first kappa shape index (κ1) is 19.3. The number of rotatable bonds is 8. The number of aliphatic hydroxyl groups excluding tert-OH is 2. The van der Waals surface area contributed by atoms with E-state index in [0.717, 1.165) is 12.1 Å². The highest BCUT2D eigenvalue weighted by molar-refractivity contribution is 5.33. The van der Waals surface area contributed by atoms with Gasteiger partial charge in [0.05, 0.1) is 6.61 Å². The van der Waals surface area contributed by atoms with Gasteiger partial charge in [0, 0.05) is 6.07 Å². The van der Waals surface area contributed by atoms with E-state index in [1.165, 1.54) is 6.07 Å². The average molecular weight is 350 g/mol. The average Bonchev–Trinajstić information content (AvgIpc) is 2.43. The van der Waals surface area contributed by atoms with Crippen LogP contribution in [0.15, 0.2) is 24.3 Å². The molecule has 132 valence electrons. The van der Waals surface area contributed by atoms with E-state index in [4.69, 9.17) is 20.1 Å². The summed E-state index contributed by atoms with van der Waals surface area (Å²) in [6.07, 6.45) is -13.0. The van der Waals surface area contributed by atoms with Gasteiger partial charge in [0.1, 0.15) is 24.2 Å². The molecule has 0 radical (unpaired) electrons. The topological polar surface area (TPSA) is 79.2 Å². The van der Waals surface area contributed by atoms with Gasteiger partial charge in [0.25, 0.3) is 0 Å². The summed E-state index contributed by atoms with van der Waals surface area (Å²) in [5, 5.41) is 25.5. The normalized spacial score (nSPS) is 14.5. The van der Waals surface area contributed by atoms with Crippen molar-refractivity contribution in [2.24, 2.45) is 0 Å². The minimum atomic E-state index is -6.18. The van der Waals surface area contributed by atoms with Gasteiger partial charge in [-0.2, -0.15) is 26.3 Å². The fourth-order valence-electron chi connectivity index (χ4n) is 1.26. The molecular weight excluding hydrogens is 338 g/mol. The quantitative estimate of drug-likeness (QED) is 0.621. The molecule has 1 aromatic carbocycles. The number of hydrogen-bond donors (Lipinski definition) is 3. The molecule has 0 aliphatic rings. The van der Waals surface area contributed by atoms with E-state index in [2.05, 4.69) is 4.74 Å². The Morgan fingerprint density at radius 1 is 1.04 bits per heavy atom. The Labute approximate surface area is 125 Å². The molecule has 1 aromatic rings. The van der Waals surface area contributed by atoms with E-state index < -0.39 is 43.2 Å². The Hall–Kier alpha value is -1.72. The molecule has 11 heteroatoms. The zero-order chi connectivity index (χ0) is 17.9. The first-order chi connectivity index (χ1) is 10.4. The van der Waals surface area contributed by atoms with E-state index in [0.29, 0.717) is 6.07 Å². The minimum absolute atomic E-state index is 0.218. The predicted octanol–water partition coefficient (Wildman–Crippen LogP) is 1.61. The lowest BCUT2D eigenvalue weighted by Crippen LogP contribution is -2.56. The van der Waals surface area contributed by atoms with E-state index in [1.807, 2.05) is 0 Å². The third kappa shape index (κ3) is 4.62. The smallest absolute Gasteiger partial charge is 0.473 e. The molecule has 0 aromatic heterocycles. The molecule has 0 saturated carbocycles. The maximum atomic E-state index is 13.2. The molecule has 1 rings (SSSR count). The number of hydrogen-bond acceptors (Lipinski definition) is 5.